The monoisotopic (exact) mass is 246 g/mol. The molecular formula is C14H18N2O2. The number of ether oxygens (including phenoxy) is 1. The standard InChI is InChI=1S/C14H18N2O2/c1-11-3-4-14(13(7-11)10-17)18-6-5-12-8-15-16(2)9-12/h3-4,7-9,17H,5-6,10H2,1-2H3. The highest BCUT2D eigenvalue weighted by Crippen LogP contribution is 2.20. The van der Waals surface area contributed by atoms with Crippen LogP contribution in [0.25, 0.3) is 0 Å². The van der Waals surface area contributed by atoms with Crippen LogP contribution in [-0.4, -0.2) is 21.5 Å². The van der Waals surface area contributed by atoms with Gasteiger partial charge in [-0.3, -0.25) is 4.68 Å². The summed E-state index contributed by atoms with van der Waals surface area (Å²) in [7, 11) is 1.90. The van der Waals surface area contributed by atoms with Crippen LogP contribution in [0.4, 0.5) is 0 Å². The van der Waals surface area contributed by atoms with E-state index in [1.165, 1.54) is 0 Å². The number of hydrogen-bond acceptors (Lipinski definition) is 3. The minimum atomic E-state index is 0.00387. The summed E-state index contributed by atoms with van der Waals surface area (Å²) in [4.78, 5) is 0. The Balaban J connectivity index is 1.94. The van der Waals surface area contributed by atoms with E-state index in [9.17, 15) is 5.11 Å². The lowest BCUT2D eigenvalue weighted by molar-refractivity contribution is 0.263. The van der Waals surface area contributed by atoms with Crippen molar-refractivity contribution in [1.29, 1.82) is 0 Å². The van der Waals surface area contributed by atoms with Crippen LogP contribution >= 0.6 is 0 Å². The fraction of sp³-hybridized carbons (Fsp3) is 0.357. The molecule has 0 aliphatic carbocycles. The van der Waals surface area contributed by atoms with Crippen molar-refractivity contribution in [2.45, 2.75) is 20.0 Å². The van der Waals surface area contributed by atoms with Crippen LogP contribution in [0, 0.1) is 6.92 Å². The van der Waals surface area contributed by atoms with Gasteiger partial charge in [0.25, 0.3) is 0 Å². The van der Waals surface area contributed by atoms with Crippen molar-refractivity contribution in [3.05, 3.63) is 47.3 Å². The highest BCUT2D eigenvalue weighted by molar-refractivity contribution is 5.36. The van der Waals surface area contributed by atoms with Gasteiger partial charge in [-0.05, 0) is 18.6 Å². The molecule has 0 unspecified atom stereocenters. The van der Waals surface area contributed by atoms with Gasteiger partial charge in [-0.25, -0.2) is 0 Å². The third-order valence-corrected chi connectivity index (χ3v) is 2.79. The quantitative estimate of drug-likeness (QED) is 0.875. The molecule has 18 heavy (non-hydrogen) atoms. The Bertz CT molecular complexity index is 520. The van der Waals surface area contributed by atoms with Crippen molar-refractivity contribution in [1.82, 2.24) is 9.78 Å². The summed E-state index contributed by atoms with van der Waals surface area (Å²) in [6, 6.07) is 5.84. The van der Waals surface area contributed by atoms with E-state index < -0.39 is 0 Å². The van der Waals surface area contributed by atoms with E-state index in [2.05, 4.69) is 5.10 Å². The Hall–Kier alpha value is -1.81. The first kappa shape index (κ1) is 12.6. The van der Waals surface area contributed by atoms with E-state index in [0.29, 0.717) is 6.61 Å². The minimum absolute atomic E-state index is 0.00387. The van der Waals surface area contributed by atoms with Gasteiger partial charge in [-0.2, -0.15) is 5.10 Å². The summed E-state index contributed by atoms with van der Waals surface area (Å²) in [5, 5.41) is 13.4. The molecule has 1 aromatic heterocycles. The molecule has 2 rings (SSSR count). The van der Waals surface area contributed by atoms with Crippen LogP contribution in [0.3, 0.4) is 0 Å². The lowest BCUT2D eigenvalue weighted by Crippen LogP contribution is -2.03. The third-order valence-electron chi connectivity index (χ3n) is 2.79. The average Bonchev–Trinajstić information content (AvgIpc) is 2.77. The average molecular weight is 246 g/mol. The van der Waals surface area contributed by atoms with Gasteiger partial charge in [0.15, 0.2) is 0 Å². The van der Waals surface area contributed by atoms with E-state index in [-0.39, 0.29) is 6.61 Å². The fourth-order valence-corrected chi connectivity index (χ4v) is 1.85. The fourth-order valence-electron chi connectivity index (χ4n) is 1.85. The predicted octanol–water partition coefficient (Wildman–Crippen LogP) is 1.84. The molecule has 0 bridgehead atoms. The molecular weight excluding hydrogens is 228 g/mol. The molecule has 0 spiro atoms. The van der Waals surface area contributed by atoms with Gasteiger partial charge in [-0.15, -0.1) is 0 Å². The van der Waals surface area contributed by atoms with Crippen LogP contribution in [0.1, 0.15) is 16.7 Å². The van der Waals surface area contributed by atoms with Crippen LogP contribution in [0.15, 0.2) is 30.6 Å². The summed E-state index contributed by atoms with van der Waals surface area (Å²) in [5.74, 6) is 0.756. The third kappa shape index (κ3) is 3.11. The van der Waals surface area contributed by atoms with E-state index in [0.717, 1.165) is 28.9 Å². The number of hydrogen-bond donors (Lipinski definition) is 1. The molecule has 0 saturated carbocycles. The Labute approximate surface area is 107 Å². The van der Waals surface area contributed by atoms with Crippen molar-refractivity contribution < 1.29 is 9.84 Å². The molecule has 1 heterocycles. The van der Waals surface area contributed by atoms with E-state index in [1.54, 1.807) is 4.68 Å². The zero-order chi connectivity index (χ0) is 13.0. The Morgan fingerprint density at radius 1 is 1.39 bits per heavy atom. The number of aryl methyl sites for hydroxylation is 2. The Morgan fingerprint density at radius 3 is 2.89 bits per heavy atom. The van der Waals surface area contributed by atoms with Gasteiger partial charge in [0.2, 0.25) is 0 Å². The molecule has 2 aromatic rings. The highest BCUT2D eigenvalue weighted by atomic mass is 16.5. The second-order valence-electron chi connectivity index (χ2n) is 4.39. The molecule has 0 saturated heterocycles. The second kappa shape index (κ2) is 5.69. The molecule has 4 nitrogen and oxygen atoms in total. The molecule has 1 N–H and O–H groups in total. The summed E-state index contributed by atoms with van der Waals surface area (Å²) in [6.45, 7) is 2.59. The zero-order valence-electron chi connectivity index (χ0n) is 10.8. The van der Waals surface area contributed by atoms with Crippen LogP contribution in [0.5, 0.6) is 5.75 Å². The molecule has 0 amide bonds. The van der Waals surface area contributed by atoms with Crippen molar-refractivity contribution in [2.75, 3.05) is 6.61 Å². The SMILES string of the molecule is Cc1ccc(OCCc2cnn(C)c2)c(CO)c1. The first-order valence-corrected chi connectivity index (χ1v) is 6.00. The number of nitrogens with zero attached hydrogens (tertiary/aromatic N) is 2. The molecule has 96 valence electrons. The van der Waals surface area contributed by atoms with Gasteiger partial charge < -0.3 is 9.84 Å². The lowest BCUT2D eigenvalue weighted by Gasteiger charge is -2.10. The van der Waals surface area contributed by atoms with Gasteiger partial charge in [0, 0.05) is 25.2 Å². The van der Waals surface area contributed by atoms with Crippen molar-refractivity contribution >= 4 is 0 Å². The molecule has 0 radical (unpaired) electrons. The number of aliphatic hydroxyl groups is 1. The maximum Gasteiger partial charge on any atom is 0.124 e. The molecule has 1 aromatic carbocycles. The molecule has 0 aliphatic rings. The smallest absolute Gasteiger partial charge is 0.124 e. The van der Waals surface area contributed by atoms with Crippen molar-refractivity contribution in [3.8, 4) is 5.75 Å². The first-order valence-electron chi connectivity index (χ1n) is 6.00. The van der Waals surface area contributed by atoms with Crippen LogP contribution in [0.2, 0.25) is 0 Å². The largest absolute Gasteiger partial charge is 0.493 e. The van der Waals surface area contributed by atoms with Crippen molar-refractivity contribution in [3.63, 3.8) is 0 Å². The maximum atomic E-state index is 9.27. The van der Waals surface area contributed by atoms with Gasteiger partial charge >= 0.3 is 0 Å². The predicted molar refractivity (Wildman–Crippen MR) is 69.5 cm³/mol. The molecule has 4 heteroatoms. The van der Waals surface area contributed by atoms with Gasteiger partial charge in [0.1, 0.15) is 5.75 Å². The number of rotatable bonds is 5. The maximum absolute atomic E-state index is 9.27. The Kier molecular flexibility index (Phi) is 3.99. The second-order valence-corrected chi connectivity index (χ2v) is 4.39. The van der Waals surface area contributed by atoms with E-state index >= 15 is 0 Å². The summed E-state index contributed by atoms with van der Waals surface area (Å²) in [5.41, 5.74) is 3.11. The van der Waals surface area contributed by atoms with Crippen molar-refractivity contribution in [2.24, 2.45) is 7.05 Å². The van der Waals surface area contributed by atoms with Gasteiger partial charge in [0.05, 0.1) is 19.4 Å². The van der Waals surface area contributed by atoms with E-state index in [1.807, 2.05) is 44.6 Å². The topological polar surface area (TPSA) is 47.3 Å². The lowest BCUT2D eigenvalue weighted by atomic mass is 10.1. The number of aromatic nitrogens is 2. The molecule has 0 fully saturated rings. The molecule has 0 atom stereocenters. The highest BCUT2D eigenvalue weighted by Gasteiger charge is 2.03. The van der Waals surface area contributed by atoms with E-state index in [4.69, 9.17) is 4.74 Å². The summed E-state index contributed by atoms with van der Waals surface area (Å²) in [6.07, 6.45) is 4.63. The van der Waals surface area contributed by atoms with Crippen LogP contribution in [-0.2, 0) is 20.1 Å². The van der Waals surface area contributed by atoms with Crippen LogP contribution < -0.4 is 4.74 Å². The summed E-state index contributed by atoms with van der Waals surface area (Å²) < 4.78 is 7.48. The zero-order valence-corrected chi connectivity index (χ0v) is 10.8. The Morgan fingerprint density at radius 2 is 2.22 bits per heavy atom. The first-order chi connectivity index (χ1) is 8.69. The van der Waals surface area contributed by atoms with Gasteiger partial charge in [-0.1, -0.05) is 17.7 Å². The number of aliphatic hydroxyl groups excluding tert-OH is 1. The number of benzene rings is 1. The molecule has 0 aliphatic heterocycles. The normalized spacial score (nSPS) is 10.6. The summed E-state index contributed by atoms with van der Waals surface area (Å²) >= 11 is 0. The minimum Gasteiger partial charge on any atom is -0.493 e.